The van der Waals surface area contributed by atoms with E-state index in [9.17, 15) is 9.59 Å². The van der Waals surface area contributed by atoms with Crippen LogP contribution in [0.1, 0.15) is 32.6 Å². The molecule has 1 saturated carbocycles. The van der Waals surface area contributed by atoms with Crippen molar-refractivity contribution in [2.75, 3.05) is 13.7 Å². The normalized spacial score (nSPS) is 18.9. The summed E-state index contributed by atoms with van der Waals surface area (Å²) in [6.45, 7) is 2.25. The minimum Gasteiger partial charge on any atom is -0.481 e. The van der Waals surface area contributed by atoms with Gasteiger partial charge in [-0.25, -0.2) is 4.79 Å². The minimum atomic E-state index is -0.879. The first kappa shape index (κ1) is 13.8. The predicted octanol–water partition coefficient (Wildman–Crippen LogP) is 0.718. The lowest BCUT2D eigenvalue weighted by atomic mass is 9.74. The van der Waals surface area contributed by atoms with Gasteiger partial charge in [-0.05, 0) is 26.2 Å². The van der Waals surface area contributed by atoms with E-state index in [-0.39, 0.29) is 18.6 Å². The molecular weight excluding hydrogens is 224 g/mol. The first-order chi connectivity index (χ1) is 7.97. The van der Waals surface area contributed by atoms with E-state index in [4.69, 9.17) is 9.84 Å². The van der Waals surface area contributed by atoms with E-state index in [1.54, 1.807) is 7.11 Å². The van der Waals surface area contributed by atoms with Crippen molar-refractivity contribution in [2.45, 2.75) is 44.2 Å². The van der Waals surface area contributed by atoms with Gasteiger partial charge in [-0.15, -0.1) is 0 Å². The number of carbonyl (C=O) groups is 2. The number of urea groups is 1. The standard InChI is InChI=1S/C11H20N2O4/c1-8(17-2)7-12-10(16)13-11(4-3-5-11)6-9(14)15/h8H,3-7H2,1-2H3,(H,14,15)(H2,12,13,16). The molecule has 1 aliphatic rings. The second kappa shape index (κ2) is 5.86. The average molecular weight is 244 g/mol. The largest absolute Gasteiger partial charge is 0.481 e. The van der Waals surface area contributed by atoms with Crippen molar-refractivity contribution in [3.8, 4) is 0 Å². The molecule has 0 spiro atoms. The molecular formula is C11H20N2O4. The molecule has 98 valence electrons. The lowest BCUT2D eigenvalue weighted by molar-refractivity contribution is -0.139. The van der Waals surface area contributed by atoms with Gasteiger partial charge in [0.1, 0.15) is 0 Å². The van der Waals surface area contributed by atoms with E-state index in [0.29, 0.717) is 6.54 Å². The molecule has 1 aliphatic carbocycles. The SMILES string of the molecule is COC(C)CNC(=O)NC1(CC(=O)O)CCC1. The molecule has 0 aromatic heterocycles. The van der Waals surface area contributed by atoms with Crippen molar-refractivity contribution < 1.29 is 19.4 Å². The summed E-state index contributed by atoms with van der Waals surface area (Å²) in [5.74, 6) is -0.879. The third kappa shape index (κ3) is 4.22. The maximum Gasteiger partial charge on any atom is 0.315 e. The van der Waals surface area contributed by atoms with Gasteiger partial charge in [0.15, 0.2) is 0 Å². The summed E-state index contributed by atoms with van der Waals surface area (Å²) in [4.78, 5) is 22.3. The second-order valence-corrected chi connectivity index (χ2v) is 4.59. The maximum atomic E-state index is 11.6. The third-order valence-electron chi connectivity index (χ3n) is 3.13. The van der Waals surface area contributed by atoms with Gasteiger partial charge in [-0.3, -0.25) is 4.79 Å². The van der Waals surface area contributed by atoms with Gasteiger partial charge in [-0.2, -0.15) is 0 Å². The summed E-state index contributed by atoms with van der Waals surface area (Å²) in [5, 5.41) is 14.2. The summed E-state index contributed by atoms with van der Waals surface area (Å²) < 4.78 is 5.00. The Morgan fingerprint density at radius 1 is 1.47 bits per heavy atom. The molecule has 2 amide bonds. The van der Waals surface area contributed by atoms with Crippen molar-refractivity contribution >= 4 is 12.0 Å². The minimum absolute atomic E-state index is 0.0136. The van der Waals surface area contributed by atoms with Crippen LogP contribution in [0.25, 0.3) is 0 Å². The highest BCUT2D eigenvalue weighted by molar-refractivity contribution is 5.77. The number of carbonyl (C=O) groups excluding carboxylic acids is 1. The summed E-state index contributed by atoms with van der Waals surface area (Å²) in [7, 11) is 1.57. The number of methoxy groups -OCH3 is 1. The van der Waals surface area contributed by atoms with Gasteiger partial charge in [0, 0.05) is 13.7 Å². The van der Waals surface area contributed by atoms with Crippen molar-refractivity contribution in [1.82, 2.24) is 10.6 Å². The Balaban J connectivity index is 2.35. The van der Waals surface area contributed by atoms with Crippen LogP contribution in [-0.2, 0) is 9.53 Å². The van der Waals surface area contributed by atoms with Gasteiger partial charge in [0.05, 0.1) is 18.1 Å². The highest BCUT2D eigenvalue weighted by Crippen LogP contribution is 2.34. The zero-order valence-electron chi connectivity index (χ0n) is 10.3. The monoisotopic (exact) mass is 244 g/mol. The Hall–Kier alpha value is -1.30. The second-order valence-electron chi connectivity index (χ2n) is 4.59. The van der Waals surface area contributed by atoms with Crippen molar-refractivity contribution in [2.24, 2.45) is 0 Å². The lowest BCUT2D eigenvalue weighted by Crippen LogP contribution is -2.57. The fourth-order valence-electron chi connectivity index (χ4n) is 1.84. The van der Waals surface area contributed by atoms with Crippen LogP contribution >= 0.6 is 0 Å². The molecule has 6 heteroatoms. The van der Waals surface area contributed by atoms with E-state index in [0.717, 1.165) is 19.3 Å². The van der Waals surface area contributed by atoms with Crippen LogP contribution in [-0.4, -0.2) is 42.4 Å². The van der Waals surface area contributed by atoms with Gasteiger partial charge in [0.25, 0.3) is 0 Å². The maximum absolute atomic E-state index is 11.6. The molecule has 1 unspecified atom stereocenters. The van der Waals surface area contributed by atoms with Crippen LogP contribution < -0.4 is 10.6 Å². The molecule has 0 bridgehead atoms. The molecule has 1 atom stereocenters. The molecule has 0 heterocycles. The zero-order chi connectivity index (χ0) is 12.9. The first-order valence-corrected chi connectivity index (χ1v) is 5.78. The molecule has 17 heavy (non-hydrogen) atoms. The smallest absolute Gasteiger partial charge is 0.315 e. The van der Waals surface area contributed by atoms with Crippen molar-refractivity contribution in [1.29, 1.82) is 0 Å². The van der Waals surface area contributed by atoms with Gasteiger partial charge in [-0.1, -0.05) is 0 Å². The van der Waals surface area contributed by atoms with Gasteiger partial charge < -0.3 is 20.5 Å². The molecule has 0 aromatic rings. The van der Waals surface area contributed by atoms with E-state index < -0.39 is 11.5 Å². The number of hydrogen-bond donors (Lipinski definition) is 3. The number of rotatable bonds is 6. The summed E-state index contributed by atoms with van der Waals surface area (Å²) in [6.07, 6.45) is 2.35. The van der Waals surface area contributed by atoms with Crippen LogP contribution in [0.3, 0.4) is 0 Å². The average Bonchev–Trinajstić information content (AvgIpc) is 2.22. The molecule has 6 nitrogen and oxygen atoms in total. The Morgan fingerprint density at radius 3 is 2.53 bits per heavy atom. The fraction of sp³-hybridized carbons (Fsp3) is 0.818. The molecule has 0 saturated heterocycles. The van der Waals surface area contributed by atoms with Crippen LogP contribution in [0.15, 0.2) is 0 Å². The number of carboxylic acid groups (broad SMARTS) is 1. The van der Waals surface area contributed by atoms with Crippen molar-refractivity contribution in [3.05, 3.63) is 0 Å². The number of nitrogens with one attached hydrogen (secondary N) is 2. The molecule has 3 N–H and O–H groups in total. The molecule has 0 radical (unpaired) electrons. The Kier molecular flexibility index (Phi) is 4.74. The number of aliphatic carboxylic acids is 1. The van der Waals surface area contributed by atoms with Crippen LogP contribution in [0.4, 0.5) is 4.79 Å². The van der Waals surface area contributed by atoms with E-state index in [1.165, 1.54) is 0 Å². The third-order valence-corrected chi connectivity index (χ3v) is 3.13. The van der Waals surface area contributed by atoms with Gasteiger partial charge >= 0.3 is 12.0 Å². The molecule has 1 fully saturated rings. The van der Waals surface area contributed by atoms with E-state index in [2.05, 4.69) is 10.6 Å². The fourth-order valence-corrected chi connectivity index (χ4v) is 1.84. The number of ether oxygens (including phenoxy) is 1. The quantitative estimate of drug-likeness (QED) is 0.642. The molecule has 1 rings (SSSR count). The molecule has 0 aliphatic heterocycles. The topological polar surface area (TPSA) is 87.7 Å². The summed E-state index contributed by atoms with van der Waals surface area (Å²) in [5.41, 5.74) is -0.549. The Labute approximate surface area is 101 Å². The Bertz CT molecular complexity index is 289. The first-order valence-electron chi connectivity index (χ1n) is 5.78. The van der Waals surface area contributed by atoms with E-state index in [1.807, 2.05) is 6.92 Å². The van der Waals surface area contributed by atoms with Crippen LogP contribution in [0.2, 0.25) is 0 Å². The predicted molar refractivity (Wildman–Crippen MR) is 61.8 cm³/mol. The number of carboxylic acids is 1. The van der Waals surface area contributed by atoms with Gasteiger partial charge in [0.2, 0.25) is 0 Å². The summed E-state index contributed by atoms with van der Waals surface area (Å²) >= 11 is 0. The number of hydrogen-bond acceptors (Lipinski definition) is 3. The summed E-state index contributed by atoms with van der Waals surface area (Å²) in [6, 6.07) is -0.324. The lowest BCUT2D eigenvalue weighted by Gasteiger charge is -2.41. The Morgan fingerprint density at radius 2 is 2.12 bits per heavy atom. The number of amides is 2. The molecule has 0 aromatic carbocycles. The van der Waals surface area contributed by atoms with E-state index >= 15 is 0 Å². The zero-order valence-corrected chi connectivity index (χ0v) is 10.3. The van der Waals surface area contributed by atoms with Crippen LogP contribution in [0.5, 0.6) is 0 Å². The highest BCUT2D eigenvalue weighted by atomic mass is 16.5. The van der Waals surface area contributed by atoms with Crippen LogP contribution in [0, 0.1) is 0 Å². The highest BCUT2D eigenvalue weighted by Gasteiger charge is 2.40. The van der Waals surface area contributed by atoms with Crippen molar-refractivity contribution in [3.63, 3.8) is 0 Å².